The molecule has 1 spiro atoms. The van der Waals surface area contributed by atoms with Gasteiger partial charge in [0.25, 0.3) is 5.91 Å². The first kappa shape index (κ1) is 10.9. The molecule has 1 aliphatic carbocycles. The Kier molecular flexibility index (Phi) is 2.18. The maximum Gasteiger partial charge on any atom is 0.341 e. The molecule has 88 valence electrons. The van der Waals surface area contributed by atoms with Crippen LogP contribution in [0.1, 0.15) is 26.2 Å². The molecule has 0 radical (unpaired) electrons. The highest BCUT2D eigenvalue weighted by atomic mass is 16.5. The predicted octanol–water partition coefficient (Wildman–Crippen LogP) is -0.913. The van der Waals surface area contributed by atoms with Gasteiger partial charge in [0.1, 0.15) is 0 Å². The van der Waals surface area contributed by atoms with Gasteiger partial charge in [-0.05, 0) is 12.8 Å². The maximum absolute atomic E-state index is 11.9. The first-order chi connectivity index (χ1) is 7.44. The molecule has 1 aliphatic heterocycles. The van der Waals surface area contributed by atoms with Crippen LogP contribution in [0, 0.1) is 0 Å². The summed E-state index contributed by atoms with van der Waals surface area (Å²) in [7, 11) is 1.21. The zero-order valence-corrected chi connectivity index (χ0v) is 9.25. The van der Waals surface area contributed by atoms with Crippen LogP contribution in [-0.4, -0.2) is 36.0 Å². The maximum atomic E-state index is 11.9. The van der Waals surface area contributed by atoms with Gasteiger partial charge >= 0.3 is 5.97 Å². The lowest BCUT2D eigenvalue weighted by Gasteiger charge is -2.23. The molecule has 2 fully saturated rings. The Labute approximate surface area is 92.7 Å². The third-order valence-corrected chi connectivity index (χ3v) is 3.15. The first-order valence-corrected chi connectivity index (χ1v) is 5.14. The van der Waals surface area contributed by atoms with Crippen molar-refractivity contribution in [2.24, 2.45) is 0 Å². The van der Waals surface area contributed by atoms with Crippen molar-refractivity contribution in [2.75, 3.05) is 7.11 Å². The van der Waals surface area contributed by atoms with Crippen molar-refractivity contribution in [3.8, 4) is 0 Å². The second-order valence-electron chi connectivity index (χ2n) is 4.49. The quantitative estimate of drug-likeness (QED) is 0.471. The van der Waals surface area contributed by atoms with Crippen LogP contribution in [0.25, 0.3) is 0 Å². The van der Waals surface area contributed by atoms with Crippen molar-refractivity contribution in [1.29, 1.82) is 0 Å². The molecule has 1 saturated heterocycles. The van der Waals surface area contributed by atoms with E-state index in [2.05, 4.69) is 15.4 Å². The second-order valence-corrected chi connectivity index (χ2v) is 4.49. The van der Waals surface area contributed by atoms with Crippen molar-refractivity contribution in [2.45, 2.75) is 37.3 Å². The number of methoxy groups -OCH3 is 1. The average molecular weight is 226 g/mol. The largest absolute Gasteiger partial charge is 0.467 e. The number of carbonyl (C=O) groups is 3. The van der Waals surface area contributed by atoms with Gasteiger partial charge in [-0.25, -0.2) is 4.79 Å². The summed E-state index contributed by atoms with van der Waals surface area (Å²) in [6.07, 6.45) is 1.97. The second kappa shape index (κ2) is 3.20. The number of ether oxygens (including phenoxy) is 1. The molecule has 0 aromatic heterocycles. The van der Waals surface area contributed by atoms with E-state index in [4.69, 9.17) is 0 Å². The van der Waals surface area contributed by atoms with Gasteiger partial charge in [0, 0.05) is 18.9 Å². The molecule has 1 saturated carbocycles. The molecule has 2 N–H and O–H groups in total. The summed E-state index contributed by atoms with van der Waals surface area (Å²) >= 11 is 0. The summed E-state index contributed by atoms with van der Waals surface area (Å²) < 4.78 is 4.62. The minimum absolute atomic E-state index is 0.283. The van der Waals surface area contributed by atoms with E-state index in [1.165, 1.54) is 14.0 Å². The average Bonchev–Trinajstić information content (AvgIpc) is 2.87. The minimum Gasteiger partial charge on any atom is -0.467 e. The molecule has 0 bridgehead atoms. The lowest BCUT2D eigenvalue weighted by atomic mass is 9.94. The van der Waals surface area contributed by atoms with Crippen molar-refractivity contribution in [3.63, 3.8) is 0 Å². The molecule has 2 aliphatic rings. The van der Waals surface area contributed by atoms with Crippen LogP contribution in [0.3, 0.4) is 0 Å². The smallest absolute Gasteiger partial charge is 0.341 e. The lowest BCUT2D eigenvalue weighted by molar-refractivity contribution is -0.154. The summed E-state index contributed by atoms with van der Waals surface area (Å²) in [5, 5.41) is 5.19. The van der Waals surface area contributed by atoms with Gasteiger partial charge in [-0.2, -0.15) is 0 Å². The van der Waals surface area contributed by atoms with E-state index >= 15 is 0 Å². The van der Waals surface area contributed by atoms with Gasteiger partial charge in [0.15, 0.2) is 0 Å². The molecule has 1 unspecified atom stereocenters. The molecule has 6 heteroatoms. The van der Waals surface area contributed by atoms with Crippen molar-refractivity contribution in [1.82, 2.24) is 10.6 Å². The van der Waals surface area contributed by atoms with E-state index in [1.54, 1.807) is 0 Å². The van der Waals surface area contributed by atoms with E-state index in [1.807, 2.05) is 0 Å². The van der Waals surface area contributed by atoms with Crippen LogP contribution in [-0.2, 0) is 19.1 Å². The first-order valence-electron chi connectivity index (χ1n) is 5.14. The van der Waals surface area contributed by atoms with Gasteiger partial charge in [0.05, 0.1) is 7.11 Å². The van der Waals surface area contributed by atoms with Gasteiger partial charge in [-0.1, -0.05) is 0 Å². The standard InChI is InChI=1S/C10H14N2O4/c1-6(13)11-10(8(15)16-2)5-9(3-4-9)12-7(10)14/h3-5H2,1-2H3,(H,11,13)(H,12,14). The monoisotopic (exact) mass is 226 g/mol. The fourth-order valence-corrected chi connectivity index (χ4v) is 2.22. The highest BCUT2D eigenvalue weighted by Gasteiger charge is 2.64. The number of amides is 2. The molecule has 16 heavy (non-hydrogen) atoms. The van der Waals surface area contributed by atoms with Crippen LogP contribution in [0.5, 0.6) is 0 Å². The Morgan fingerprint density at radius 3 is 2.44 bits per heavy atom. The molecule has 6 nitrogen and oxygen atoms in total. The third kappa shape index (κ3) is 1.45. The number of hydrogen-bond acceptors (Lipinski definition) is 4. The molecule has 2 rings (SSSR count). The molecular weight excluding hydrogens is 212 g/mol. The normalized spacial score (nSPS) is 29.8. The van der Waals surface area contributed by atoms with Crippen molar-refractivity contribution < 1.29 is 19.1 Å². The summed E-state index contributed by atoms with van der Waals surface area (Å²) in [6.45, 7) is 1.27. The number of nitrogens with one attached hydrogen (secondary N) is 2. The Bertz CT molecular complexity index is 375. The van der Waals surface area contributed by atoms with E-state index in [0.29, 0.717) is 0 Å². The SMILES string of the molecule is COC(=O)C1(NC(C)=O)CC2(CC2)NC1=O. The Morgan fingerprint density at radius 1 is 1.44 bits per heavy atom. The Balaban J connectivity index is 2.30. The van der Waals surface area contributed by atoms with Crippen molar-refractivity contribution in [3.05, 3.63) is 0 Å². The molecule has 2 amide bonds. The van der Waals surface area contributed by atoms with Crippen LogP contribution >= 0.6 is 0 Å². The molecule has 1 atom stereocenters. The fraction of sp³-hybridized carbons (Fsp3) is 0.700. The van der Waals surface area contributed by atoms with E-state index in [0.717, 1.165) is 12.8 Å². The number of rotatable bonds is 2. The molecule has 0 aromatic carbocycles. The van der Waals surface area contributed by atoms with E-state index in [-0.39, 0.29) is 12.0 Å². The zero-order valence-electron chi connectivity index (χ0n) is 9.25. The summed E-state index contributed by atoms with van der Waals surface area (Å²) in [5.41, 5.74) is -1.83. The number of esters is 1. The highest BCUT2D eigenvalue weighted by molar-refractivity contribution is 6.12. The molecular formula is C10H14N2O4. The van der Waals surface area contributed by atoms with Gasteiger partial charge in [-0.15, -0.1) is 0 Å². The molecule has 0 aromatic rings. The van der Waals surface area contributed by atoms with Gasteiger partial charge < -0.3 is 15.4 Å². The van der Waals surface area contributed by atoms with E-state index in [9.17, 15) is 14.4 Å². The topological polar surface area (TPSA) is 84.5 Å². The number of carbonyl (C=O) groups excluding carboxylic acids is 3. The minimum atomic E-state index is -1.53. The van der Waals surface area contributed by atoms with Gasteiger partial charge in [0.2, 0.25) is 11.4 Å². The zero-order chi connectivity index (χ0) is 12.0. The van der Waals surface area contributed by atoms with Crippen LogP contribution in [0.4, 0.5) is 0 Å². The Hall–Kier alpha value is -1.59. The summed E-state index contributed by atoms with van der Waals surface area (Å²) in [5.74, 6) is -1.59. The molecule has 1 heterocycles. The predicted molar refractivity (Wildman–Crippen MR) is 53.3 cm³/mol. The number of hydrogen-bond donors (Lipinski definition) is 2. The van der Waals surface area contributed by atoms with Crippen LogP contribution in [0.2, 0.25) is 0 Å². The summed E-state index contributed by atoms with van der Waals surface area (Å²) in [6, 6.07) is 0. The van der Waals surface area contributed by atoms with E-state index < -0.39 is 23.3 Å². The third-order valence-electron chi connectivity index (χ3n) is 3.15. The lowest BCUT2D eigenvalue weighted by Crippen LogP contribution is -2.59. The van der Waals surface area contributed by atoms with Crippen molar-refractivity contribution >= 4 is 17.8 Å². The Morgan fingerprint density at radius 2 is 2.06 bits per heavy atom. The summed E-state index contributed by atoms with van der Waals surface area (Å²) in [4.78, 5) is 34.7. The van der Waals surface area contributed by atoms with Crippen LogP contribution in [0.15, 0.2) is 0 Å². The fourth-order valence-electron chi connectivity index (χ4n) is 2.22. The van der Waals surface area contributed by atoms with Gasteiger partial charge in [-0.3, -0.25) is 9.59 Å². The van der Waals surface area contributed by atoms with Crippen LogP contribution < -0.4 is 10.6 Å². The highest BCUT2D eigenvalue weighted by Crippen LogP contribution is 2.47.